The van der Waals surface area contributed by atoms with Crippen molar-refractivity contribution < 1.29 is 9.53 Å². The van der Waals surface area contributed by atoms with Crippen LogP contribution in [0.3, 0.4) is 0 Å². The van der Waals surface area contributed by atoms with Gasteiger partial charge in [0.05, 0.1) is 6.54 Å². The number of aryl methyl sites for hydroxylation is 1. The van der Waals surface area contributed by atoms with E-state index in [9.17, 15) is 4.79 Å². The van der Waals surface area contributed by atoms with Crippen LogP contribution in [0.5, 0.6) is 5.75 Å². The molecule has 29 heavy (non-hydrogen) atoms. The Labute approximate surface area is 174 Å². The van der Waals surface area contributed by atoms with E-state index in [-0.39, 0.29) is 5.91 Å². The largest absolute Gasteiger partial charge is 0.492 e. The molecule has 0 aliphatic heterocycles. The van der Waals surface area contributed by atoms with Crippen molar-refractivity contribution in [2.24, 2.45) is 4.99 Å². The molecule has 0 bridgehead atoms. The fraction of sp³-hybridized carbons (Fsp3) is 0.391. The molecule has 0 aromatic heterocycles. The first-order valence-electron chi connectivity index (χ1n) is 10.1. The predicted octanol–water partition coefficient (Wildman–Crippen LogP) is 3.22. The summed E-state index contributed by atoms with van der Waals surface area (Å²) in [5.41, 5.74) is 3.01. The van der Waals surface area contributed by atoms with E-state index in [2.05, 4.69) is 22.5 Å². The Bertz CT molecular complexity index is 782. The van der Waals surface area contributed by atoms with Crippen LogP contribution in [0.2, 0.25) is 0 Å². The van der Waals surface area contributed by atoms with Gasteiger partial charge in [-0.15, -0.1) is 0 Å². The highest BCUT2D eigenvalue weighted by atomic mass is 16.5. The maximum absolute atomic E-state index is 12.4. The summed E-state index contributed by atoms with van der Waals surface area (Å²) in [6.07, 6.45) is 0. The fourth-order valence-corrected chi connectivity index (χ4v) is 2.84. The number of benzene rings is 2. The van der Waals surface area contributed by atoms with Gasteiger partial charge in [-0.25, -0.2) is 0 Å². The lowest BCUT2D eigenvalue weighted by Crippen LogP contribution is -2.38. The number of carbonyl (C=O) groups excluding carboxylic acids is 1. The SMILES string of the molecule is CCN(CC)C(=O)c1ccc(CNC(=NC)NCCOc2ccc(C)cc2)cc1. The van der Waals surface area contributed by atoms with E-state index < -0.39 is 0 Å². The van der Waals surface area contributed by atoms with Gasteiger partial charge in [-0.05, 0) is 50.6 Å². The molecular formula is C23H32N4O2. The van der Waals surface area contributed by atoms with Gasteiger partial charge in [0, 0.05) is 32.2 Å². The van der Waals surface area contributed by atoms with Crippen LogP contribution in [0.4, 0.5) is 0 Å². The molecule has 2 aromatic rings. The third-order valence-electron chi connectivity index (χ3n) is 4.62. The molecule has 2 rings (SSSR count). The zero-order valence-electron chi connectivity index (χ0n) is 17.9. The Kier molecular flexibility index (Phi) is 9.02. The second-order valence-electron chi connectivity index (χ2n) is 6.69. The van der Waals surface area contributed by atoms with Crippen molar-refractivity contribution >= 4 is 11.9 Å². The second-order valence-corrected chi connectivity index (χ2v) is 6.69. The number of amides is 1. The number of nitrogens with zero attached hydrogens (tertiary/aromatic N) is 2. The number of ether oxygens (including phenoxy) is 1. The number of hydrogen-bond acceptors (Lipinski definition) is 3. The Hall–Kier alpha value is -3.02. The van der Waals surface area contributed by atoms with Crippen LogP contribution in [-0.2, 0) is 6.54 Å². The Balaban J connectivity index is 1.75. The highest BCUT2D eigenvalue weighted by molar-refractivity contribution is 5.94. The first-order valence-corrected chi connectivity index (χ1v) is 10.1. The highest BCUT2D eigenvalue weighted by Gasteiger charge is 2.11. The third kappa shape index (κ3) is 7.14. The molecule has 0 radical (unpaired) electrons. The number of guanidine groups is 1. The van der Waals surface area contributed by atoms with E-state index in [0.717, 1.165) is 11.3 Å². The summed E-state index contributed by atoms with van der Waals surface area (Å²) >= 11 is 0. The molecule has 6 nitrogen and oxygen atoms in total. The number of carbonyl (C=O) groups is 1. The lowest BCUT2D eigenvalue weighted by molar-refractivity contribution is 0.0773. The van der Waals surface area contributed by atoms with E-state index in [4.69, 9.17) is 4.74 Å². The van der Waals surface area contributed by atoms with Gasteiger partial charge >= 0.3 is 0 Å². The average molecular weight is 397 g/mol. The van der Waals surface area contributed by atoms with Gasteiger partial charge in [0.2, 0.25) is 0 Å². The minimum atomic E-state index is 0.0700. The van der Waals surface area contributed by atoms with Crippen LogP contribution in [0.1, 0.15) is 35.3 Å². The van der Waals surface area contributed by atoms with Crippen LogP contribution in [-0.4, -0.2) is 50.1 Å². The Morgan fingerprint density at radius 2 is 1.66 bits per heavy atom. The Morgan fingerprint density at radius 1 is 1.00 bits per heavy atom. The first kappa shape index (κ1) is 22.3. The monoisotopic (exact) mass is 396 g/mol. The number of aliphatic imine (C=N–C) groups is 1. The maximum Gasteiger partial charge on any atom is 0.253 e. The molecule has 0 saturated heterocycles. The molecule has 0 aliphatic carbocycles. The van der Waals surface area contributed by atoms with Gasteiger partial charge in [0.25, 0.3) is 5.91 Å². The van der Waals surface area contributed by atoms with Crippen molar-refractivity contribution in [1.29, 1.82) is 0 Å². The minimum absolute atomic E-state index is 0.0700. The van der Waals surface area contributed by atoms with E-state index in [1.54, 1.807) is 7.05 Å². The van der Waals surface area contributed by atoms with E-state index in [1.807, 2.05) is 67.3 Å². The zero-order valence-corrected chi connectivity index (χ0v) is 17.9. The molecule has 0 atom stereocenters. The van der Waals surface area contributed by atoms with Crippen molar-refractivity contribution in [3.8, 4) is 5.75 Å². The molecule has 0 saturated carbocycles. The molecule has 1 amide bonds. The summed E-state index contributed by atoms with van der Waals surface area (Å²) in [6, 6.07) is 15.7. The predicted molar refractivity (Wildman–Crippen MR) is 119 cm³/mol. The normalized spacial score (nSPS) is 11.1. The number of rotatable bonds is 9. The van der Waals surface area contributed by atoms with Crippen molar-refractivity contribution in [2.45, 2.75) is 27.3 Å². The molecule has 6 heteroatoms. The highest BCUT2D eigenvalue weighted by Crippen LogP contribution is 2.11. The van der Waals surface area contributed by atoms with Crippen molar-refractivity contribution in [2.75, 3.05) is 33.3 Å². The van der Waals surface area contributed by atoms with E-state index >= 15 is 0 Å². The molecule has 0 fully saturated rings. The standard InChI is InChI=1S/C23H32N4O2/c1-5-27(6-2)22(28)20-11-9-19(10-12-20)17-26-23(24-4)25-15-16-29-21-13-7-18(3)8-14-21/h7-14H,5-6,15-17H2,1-4H3,(H2,24,25,26). The quantitative estimate of drug-likeness (QED) is 0.388. The molecule has 0 aliphatic rings. The summed E-state index contributed by atoms with van der Waals surface area (Å²) in [4.78, 5) is 18.4. The summed E-state index contributed by atoms with van der Waals surface area (Å²) in [5, 5.41) is 6.51. The van der Waals surface area contributed by atoms with E-state index in [1.165, 1.54) is 5.56 Å². The molecular weight excluding hydrogens is 364 g/mol. The van der Waals surface area contributed by atoms with Crippen LogP contribution < -0.4 is 15.4 Å². The smallest absolute Gasteiger partial charge is 0.253 e. The van der Waals surface area contributed by atoms with Gasteiger partial charge in [-0.2, -0.15) is 0 Å². The maximum atomic E-state index is 12.4. The van der Waals surface area contributed by atoms with Gasteiger partial charge in [0.15, 0.2) is 5.96 Å². The topological polar surface area (TPSA) is 66.0 Å². The van der Waals surface area contributed by atoms with Gasteiger partial charge in [0.1, 0.15) is 12.4 Å². The summed E-state index contributed by atoms with van der Waals surface area (Å²) in [6.45, 7) is 9.28. The molecule has 0 heterocycles. The van der Waals surface area contributed by atoms with Crippen LogP contribution in [0.15, 0.2) is 53.5 Å². The molecule has 0 unspecified atom stereocenters. The average Bonchev–Trinajstić information content (AvgIpc) is 2.75. The van der Waals surface area contributed by atoms with Gasteiger partial charge < -0.3 is 20.3 Å². The lowest BCUT2D eigenvalue weighted by Gasteiger charge is -2.18. The van der Waals surface area contributed by atoms with Crippen molar-refractivity contribution in [3.63, 3.8) is 0 Å². The third-order valence-corrected chi connectivity index (χ3v) is 4.62. The number of hydrogen-bond donors (Lipinski definition) is 2. The summed E-state index contributed by atoms with van der Waals surface area (Å²) in [7, 11) is 1.74. The fourth-order valence-electron chi connectivity index (χ4n) is 2.84. The van der Waals surface area contributed by atoms with Crippen molar-refractivity contribution in [1.82, 2.24) is 15.5 Å². The van der Waals surface area contributed by atoms with Crippen LogP contribution >= 0.6 is 0 Å². The summed E-state index contributed by atoms with van der Waals surface area (Å²) in [5.74, 6) is 1.64. The van der Waals surface area contributed by atoms with Crippen molar-refractivity contribution in [3.05, 3.63) is 65.2 Å². The summed E-state index contributed by atoms with van der Waals surface area (Å²) < 4.78 is 5.71. The van der Waals surface area contributed by atoms with Gasteiger partial charge in [-0.1, -0.05) is 29.8 Å². The number of nitrogens with one attached hydrogen (secondary N) is 2. The molecule has 156 valence electrons. The Morgan fingerprint density at radius 3 is 2.24 bits per heavy atom. The van der Waals surface area contributed by atoms with E-state index in [0.29, 0.717) is 44.3 Å². The van der Waals surface area contributed by atoms with Crippen LogP contribution in [0.25, 0.3) is 0 Å². The zero-order chi connectivity index (χ0) is 21.1. The first-order chi connectivity index (χ1) is 14.1. The lowest BCUT2D eigenvalue weighted by atomic mass is 10.1. The molecule has 0 spiro atoms. The van der Waals surface area contributed by atoms with Gasteiger partial charge in [-0.3, -0.25) is 9.79 Å². The molecule has 2 N–H and O–H groups in total. The molecule has 2 aromatic carbocycles. The minimum Gasteiger partial charge on any atom is -0.492 e. The van der Waals surface area contributed by atoms with Crippen LogP contribution in [0, 0.1) is 6.92 Å². The second kappa shape index (κ2) is 11.7.